The Morgan fingerprint density at radius 3 is 2.80 bits per heavy atom. The highest BCUT2D eigenvalue weighted by Gasteiger charge is 2.22. The molecule has 1 aliphatic rings. The van der Waals surface area contributed by atoms with Gasteiger partial charge in [0.25, 0.3) is 0 Å². The first-order valence-corrected chi connectivity index (χ1v) is 10.6. The van der Waals surface area contributed by atoms with Gasteiger partial charge in [0.15, 0.2) is 5.82 Å². The van der Waals surface area contributed by atoms with Crippen LogP contribution in [0.15, 0.2) is 54.6 Å². The lowest BCUT2D eigenvalue weighted by atomic mass is 10.1. The number of benzene rings is 2. The van der Waals surface area contributed by atoms with E-state index in [1.54, 1.807) is 6.07 Å². The molecule has 6 nitrogen and oxygen atoms in total. The van der Waals surface area contributed by atoms with Gasteiger partial charge in [-0.25, -0.2) is 0 Å². The van der Waals surface area contributed by atoms with E-state index in [0.717, 1.165) is 37.3 Å². The molecule has 0 spiro atoms. The highest BCUT2D eigenvalue weighted by Crippen LogP contribution is 2.25. The van der Waals surface area contributed by atoms with Crippen molar-refractivity contribution in [2.45, 2.75) is 32.4 Å². The summed E-state index contributed by atoms with van der Waals surface area (Å²) >= 11 is 6.06. The van der Waals surface area contributed by atoms with Gasteiger partial charge in [0, 0.05) is 31.6 Å². The molecular weight excluding hydrogens is 400 g/mol. The Balaban J connectivity index is 1.24. The number of carbonyl (C=O) groups excluding carboxylic acids is 1. The third kappa shape index (κ3) is 5.20. The number of para-hydroxylation sites is 1. The highest BCUT2D eigenvalue weighted by atomic mass is 35.5. The number of carbonyl (C=O) groups is 1. The standard InChI is InChI=1S/C23H25ClN4O2/c24-19-9-4-5-10-21(19)30-14-6-11-22(29)25-23-18-12-13-28(16-20(18)26-27-23)15-17-7-2-1-3-8-17/h1-5,7-10H,6,11-16H2,(H2,25,26,27,29). The molecular formula is C23H25ClN4O2. The number of halogens is 1. The molecule has 3 aromatic rings. The van der Waals surface area contributed by atoms with Gasteiger partial charge in [0.1, 0.15) is 5.75 Å². The van der Waals surface area contributed by atoms with E-state index >= 15 is 0 Å². The molecule has 2 N–H and O–H groups in total. The Hall–Kier alpha value is -2.83. The van der Waals surface area contributed by atoms with Gasteiger partial charge >= 0.3 is 0 Å². The topological polar surface area (TPSA) is 70.2 Å². The van der Waals surface area contributed by atoms with Crippen LogP contribution in [0.3, 0.4) is 0 Å². The molecule has 0 aliphatic carbocycles. The summed E-state index contributed by atoms with van der Waals surface area (Å²) in [5, 5.41) is 10.9. The van der Waals surface area contributed by atoms with Crippen LogP contribution in [0.25, 0.3) is 0 Å². The van der Waals surface area contributed by atoms with Gasteiger partial charge < -0.3 is 10.1 Å². The van der Waals surface area contributed by atoms with Gasteiger partial charge in [0.2, 0.25) is 5.91 Å². The minimum atomic E-state index is -0.0567. The third-order valence-corrected chi connectivity index (χ3v) is 5.47. The van der Waals surface area contributed by atoms with E-state index in [0.29, 0.717) is 36.0 Å². The van der Waals surface area contributed by atoms with Crippen molar-refractivity contribution in [3.8, 4) is 5.75 Å². The van der Waals surface area contributed by atoms with Crippen molar-refractivity contribution in [2.75, 3.05) is 18.5 Å². The number of H-pyrrole nitrogens is 1. The number of rotatable bonds is 8. The van der Waals surface area contributed by atoms with E-state index < -0.39 is 0 Å². The molecule has 1 aliphatic heterocycles. The first-order chi connectivity index (χ1) is 14.7. The Bertz CT molecular complexity index is 990. The molecule has 0 saturated carbocycles. The number of hydrogen-bond acceptors (Lipinski definition) is 4. The second kappa shape index (κ2) is 9.78. The summed E-state index contributed by atoms with van der Waals surface area (Å²) < 4.78 is 5.63. The number of amides is 1. The van der Waals surface area contributed by atoms with Crippen LogP contribution in [0, 0.1) is 0 Å². The summed E-state index contributed by atoms with van der Waals surface area (Å²) in [7, 11) is 0. The lowest BCUT2D eigenvalue weighted by molar-refractivity contribution is -0.116. The Kier molecular flexibility index (Phi) is 6.67. The predicted molar refractivity (Wildman–Crippen MR) is 118 cm³/mol. The maximum Gasteiger partial charge on any atom is 0.225 e. The SMILES string of the molecule is O=C(CCCOc1ccccc1Cl)Nc1n[nH]c2c1CCN(Cc1ccccc1)C2. The smallest absolute Gasteiger partial charge is 0.225 e. The van der Waals surface area contributed by atoms with E-state index in [1.165, 1.54) is 5.56 Å². The van der Waals surface area contributed by atoms with Gasteiger partial charge in [-0.2, -0.15) is 5.10 Å². The van der Waals surface area contributed by atoms with Crippen molar-refractivity contribution in [2.24, 2.45) is 0 Å². The van der Waals surface area contributed by atoms with Crippen LogP contribution in [0.5, 0.6) is 5.75 Å². The molecule has 4 rings (SSSR count). The van der Waals surface area contributed by atoms with E-state index in [2.05, 4.69) is 44.7 Å². The van der Waals surface area contributed by atoms with Crippen LogP contribution in [0.4, 0.5) is 5.82 Å². The van der Waals surface area contributed by atoms with E-state index in [-0.39, 0.29) is 5.91 Å². The van der Waals surface area contributed by atoms with Crippen LogP contribution < -0.4 is 10.1 Å². The normalized spacial score (nSPS) is 13.6. The fraction of sp³-hybridized carbons (Fsp3) is 0.304. The zero-order valence-corrected chi connectivity index (χ0v) is 17.5. The summed E-state index contributed by atoms with van der Waals surface area (Å²) in [5.74, 6) is 1.24. The molecule has 7 heteroatoms. The summed E-state index contributed by atoms with van der Waals surface area (Å²) in [5.41, 5.74) is 3.49. The second-order valence-corrected chi connectivity index (χ2v) is 7.81. The molecule has 0 atom stereocenters. The van der Waals surface area contributed by atoms with Crippen LogP contribution in [0.2, 0.25) is 5.02 Å². The molecule has 0 bridgehead atoms. The fourth-order valence-corrected chi connectivity index (χ4v) is 3.82. The van der Waals surface area contributed by atoms with Crippen molar-refractivity contribution in [3.63, 3.8) is 0 Å². The Labute approximate surface area is 181 Å². The fourth-order valence-electron chi connectivity index (χ4n) is 3.63. The minimum Gasteiger partial charge on any atom is -0.492 e. The molecule has 30 heavy (non-hydrogen) atoms. The van der Waals surface area contributed by atoms with E-state index in [4.69, 9.17) is 16.3 Å². The number of fused-ring (bicyclic) bond motifs is 1. The number of ether oxygens (including phenoxy) is 1. The van der Waals surface area contributed by atoms with Crippen LogP contribution in [-0.2, 0) is 24.3 Å². The maximum absolute atomic E-state index is 12.3. The monoisotopic (exact) mass is 424 g/mol. The van der Waals surface area contributed by atoms with E-state index in [1.807, 2.05) is 24.3 Å². The maximum atomic E-state index is 12.3. The van der Waals surface area contributed by atoms with E-state index in [9.17, 15) is 4.79 Å². The van der Waals surface area contributed by atoms with Gasteiger partial charge in [-0.05, 0) is 30.5 Å². The zero-order chi connectivity index (χ0) is 20.8. The molecule has 0 fully saturated rings. The van der Waals surface area contributed by atoms with Crippen molar-refractivity contribution < 1.29 is 9.53 Å². The highest BCUT2D eigenvalue weighted by molar-refractivity contribution is 6.32. The van der Waals surface area contributed by atoms with Crippen LogP contribution in [0.1, 0.15) is 29.7 Å². The summed E-state index contributed by atoms with van der Waals surface area (Å²) in [6, 6.07) is 17.8. The predicted octanol–water partition coefficient (Wildman–Crippen LogP) is 4.42. The molecule has 2 aromatic carbocycles. The first kappa shape index (κ1) is 20.4. The number of aromatic nitrogens is 2. The third-order valence-electron chi connectivity index (χ3n) is 5.16. The molecule has 0 saturated heterocycles. The largest absolute Gasteiger partial charge is 0.492 e. The summed E-state index contributed by atoms with van der Waals surface area (Å²) in [6.45, 7) is 3.09. The molecule has 1 amide bonds. The summed E-state index contributed by atoms with van der Waals surface area (Å²) in [6.07, 6.45) is 1.84. The average molecular weight is 425 g/mol. The first-order valence-electron chi connectivity index (χ1n) is 10.2. The van der Waals surface area contributed by atoms with Crippen molar-refractivity contribution in [1.82, 2.24) is 15.1 Å². The van der Waals surface area contributed by atoms with Crippen molar-refractivity contribution >= 4 is 23.3 Å². The molecule has 156 valence electrons. The molecule has 0 unspecified atom stereocenters. The van der Waals surface area contributed by atoms with Crippen molar-refractivity contribution in [1.29, 1.82) is 0 Å². The van der Waals surface area contributed by atoms with Gasteiger partial charge in [-0.1, -0.05) is 54.1 Å². The van der Waals surface area contributed by atoms with Gasteiger partial charge in [-0.15, -0.1) is 0 Å². The number of nitrogens with zero attached hydrogens (tertiary/aromatic N) is 2. The second-order valence-electron chi connectivity index (χ2n) is 7.41. The lowest BCUT2D eigenvalue weighted by Crippen LogP contribution is -2.30. The number of hydrogen-bond donors (Lipinski definition) is 2. The average Bonchev–Trinajstić information content (AvgIpc) is 3.15. The minimum absolute atomic E-state index is 0.0567. The lowest BCUT2D eigenvalue weighted by Gasteiger charge is -2.26. The van der Waals surface area contributed by atoms with Crippen LogP contribution >= 0.6 is 11.6 Å². The Morgan fingerprint density at radius 2 is 1.97 bits per heavy atom. The number of nitrogens with one attached hydrogen (secondary N) is 2. The van der Waals surface area contributed by atoms with Crippen molar-refractivity contribution in [3.05, 3.63) is 76.4 Å². The summed E-state index contributed by atoms with van der Waals surface area (Å²) in [4.78, 5) is 14.7. The van der Waals surface area contributed by atoms with Crippen LogP contribution in [-0.4, -0.2) is 34.2 Å². The molecule has 0 radical (unpaired) electrons. The number of anilines is 1. The quantitative estimate of drug-likeness (QED) is 0.525. The number of aromatic amines is 1. The Morgan fingerprint density at radius 1 is 1.17 bits per heavy atom. The van der Waals surface area contributed by atoms with Gasteiger partial charge in [0.05, 0.1) is 17.3 Å². The molecule has 2 heterocycles. The molecule has 1 aromatic heterocycles. The van der Waals surface area contributed by atoms with Gasteiger partial charge in [-0.3, -0.25) is 14.8 Å². The zero-order valence-electron chi connectivity index (χ0n) is 16.7.